The Labute approximate surface area is 121 Å². The largest absolute Gasteiger partial charge is 0.473 e. The van der Waals surface area contributed by atoms with Gasteiger partial charge >= 0.3 is 6.03 Å². The van der Waals surface area contributed by atoms with Crippen LogP contribution in [0.3, 0.4) is 0 Å². The highest BCUT2D eigenvalue weighted by atomic mass is 16.5. The average molecular weight is 282 g/mol. The summed E-state index contributed by atoms with van der Waals surface area (Å²) < 4.78 is 5.38. The topological polar surface area (TPSA) is 79.0 Å². The maximum atomic E-state index is 11.7. The minimum absolute atomic E-state index is 0.0994. The molecule has 21 heavy (non-hydrogen) atoms. The normalized spacial score (nSPS) is 10.3. The van der Waals surface area contributed by atoms with Crippen LogP contribution in [-0.4, -0.2) is 23.0 Å². The Morgan fingerprint density at radius 2 is 2.05 bits per heavy atom. The van der Waals surface area contributed by atoms with Crippen LogP contribution < -0.4 is 15.4 Å². The molecule has 0 saturated carbocycles. The van der Waals surface area contributed by atoms with E-state index in [1.54, 1.807) is 6.20 Å². The van der Waals surface area contributed by atoms with Gasteiger partial charge in [0.1, 0.15) is 5.75 Å². The van der Waals surface area contributed by atoms with E-state index in [-0.39, 0.29) is 12.8 Å². The van der Waals surface area contributed by atoms with Gasteiger partial charge in [-0.2, -0.15) is 5.10 Å². The van der Waals surface area contributed by atoms with Crippen molar-refractivity contribution < 1.29 is 9.53 Å². The van der Waals surface area contributed by atoms with Crippen LogP contribution in [-0.2, 0) is 0 Å². The Hall–Kier alpha value is -3.02. The zero-order chi connectivity index (χ0) is 14.5. The molecule has 3 rings (SSSR count). The number of nitrogens with zero attached hydrogens (tertiary/aromatic N) is 1. The van der Waals surface area contributed by atoms with Crippen molar-refractivity contribution in [2.75, 3.05) is 12.0 Å². The molecule has 3 aromatic rings. The molecule has 0 aliphatic heterocycles. The number of H-pyrrole nitrogens is 1. The number of hydrogen-bond donors (Lipinski definition) is 3. The van der Waals surface area contributed by atoms with Crippen LogP contribution in [0.5, 0.6) is 5.75 Å². The quantitative estimate of drug-likeness (QED) is 0.644. The Morgan fingerprint density at radius 1 is 1.19 bits per heavy atom. The monoisotopic (exact) mass is 282 g/mol. The highest BCUT2D eigenvalue weighted by molar-refractivity contribution is 5.92. The summed E-state index contributed by atoms with van der Waals surface area (Å²) in [5.74, 6) is 0.705. The van der Waals surface area contributed by atoms with Gasteiger partial charge in [-0.15, -0.1) is 0 Å². The van der Waals surface area contributed by atoms with Crippen LogP contribution in [0.1, 0.15) is 0 Å². The summed E-state index contributed by atoms with van der Waals surface area (Å²) in [5.41, 5.74) is 1.55. The molecule has 2 aromatic carbocycles. The Morgan fingerprint density at radius 3 is 2.90 bits per heavy atom. The van der Waals surface area contributed by atoms with Gasteiger partial charge in [0.05, 0.1) is 11.7 Å². The smallest absolute Gasteiger partial charge is 0.321 e. The Bertz CT molecular complexity index is 740. The van der Waals surface area contributed by atoms with Gasteiger partial charge in [-0.05, 0) is 30.3 Å². The molecule has 6 heteroatoms. The fourth-order valence-electron chi connectivity index (χ4n) is 1.89. The van der Waals surface area contributed by atoms with E-state index in [9.17, 15) is 4.79 Å². The number of ether oxygens (including phenoxy) is 1. The number of amides is 2. The molecule has 0 spiro atoms. The number of anilines is 1. The van der Waals surface area contributed by atoms with Crippen molar-refractivity contribution in [1.29, 1.82) is 0 Å². The lowest BCUT2D eigenvalue weighted by Gasteiger charge is -2.09. The number of aromatic nitrogens is 2. The second-order valence-electron chi connectivity index (χ2n) is 4.40. The summed E-state index contributed by atoms with van der Waals surface area (Å²) >= 11 is 0. The molecule has 1 aromatic heterocycles. The summed E-state index contributed by atoms with van der Waals surface area (Å²) in [5, 5.41) is 13.1. The summed E-state index contributed by atoms with van der Waals surface area (Å²) in [4.78, 5) is 11.7. The summed E-state index contributed by atoms with van der Waals surface area (Å²) in [7, 11) is 0. The first-order valence-electron chi connectivity index (χ1n) is 6.47. The molecular weight excluding hydrogens is 268 g/mol. The zero-order valence-corrected chi connectivity index (χ0v) is 11.2. The van der Waals surface area contributed by atoms with Crippen LogP contribution in [0, 0.1) is 0 Å². The maximum Gasteiger partial charge on any atom is 0.321 e. The van der Waals surface area contributed by atoms with Crippen molar-refractivity contribution in [2.45, 2.75) is 0 Å². The van der Waals surface area contributed by atoms with Gasteiger partial charge < -0.3 is 15.4 Å². The van der Waals surface area contributed by atoms with Crippen molar-refractivity contribution in [2.24, 2.45) is 0 Å². The predicted octanol–water partition coefficient (Wildman–Crippen LogP) is 2.72. The van der Waals surface area contributed by atoms with Gasteiger partial charge in [-0.25, -0.2) is 4.79 Å². The molecule has 0 unspecified atom stereocenters. The first kappa shape index (κ1) is 13.0. The second-order valence-corrected chi connectivity index (χ2v) is 4.40. The number of nitrogens with one attached hydrogen (secondary N) is 3. The lowest BCUT2D eigenvalue weighted by molar-refractivity contribution is 0.234. The SMILES string of the molecule is O=C(NCOc1ccccc1)Nc1ccc2cn[nH]c2c1. The first-order chi connectivity index (χ1) is 10.3. The van der Waals surface area contributed by atoms with Gasteiger partial charge in [-0.1, -0.05) is 18.2 Å². The third kappa shape index (κ3) is 3.30. The van der Waals surface area contributed by atoms with Gasteiger partial charge in [-0.3, -0.25) is 5.10 Å². The number of benzene rings is 2. The Balaban J connectivity index is 1.51. The highest BCUT2D eigenvalue weighted by Gasteiger charge is 2.03. The van der Waals surface area contributed by atoms with E-state index in [2.05, 4.69) is 20.8 Å². The molecule has 106 valence electrons. The predicted molar refractivity (Wildman–Crippen MR) is 80.2 cm³/mol. The lowest BCUT2D eigenvalue weighted by Crippen LogP contribution is -2.31. The number of urea groups is 1. The number of para-hydroxylation sites is 1. The fraction of sp³-hybridized carbons (Fsp3) is 0.0667. The summed E-state index contributed by atoms with van der Waals surface area (Å²) in [6.45, 7) is 0.0994. The highest BCUT2D eigenvalue weighted by Crippen LogP contribution is 2.16. The molecule has 0 bridgehead atoms. The van der Waals surface area contributed by atoms with Crippen molar-refractivity contribution in [3.63, 3.8) is 0 Å². The molecule has 0 atom stereocenters. The van der Waals surface area contributed by atoms with E-state index in [1.165, 1.54) is 0 Å². The summed E-state index contributed by atoms with van der Waals surface area (Å²) in [6, 6.07) is 14.5. The first-order valence-corrected chi connectivity index (χ1v) is 6.47. The molecule has 1 heterocycles. The van der Waals surface area contributed by atoms with E-state index < -0.39 is 0 Å². The molecule has 0 aliphatic rings. The molecule has 3 N–H and O–H groups in total. The van der Waals surface area contributed by atoms with E-state index in [0.29, 0.717) is 11.4 Å². The average Bonchev–Trinajstić information content (AvgIpc) is 2.96. The number of carbonyl (C=O) groups excluding carboxylic acids is 1. The Kier molecular flexibility index (Phi) is 3.68. The number of carbonyl (C=O) groups is 1. The molecule has 0 fully saturated rings. The van der Waals surface area contributed by atoms with Crippen molar-refractivity contribution >= 4 is 22.6 Å². The van der Waals surface area contributed by atoms with E-state index >= 15 is 0 Å². The molecule has 0 aliphatic carbocycles. The maximum absolute atomic E-state index is 11.7. The number of rotatable bonds is 4. The second kappa shape index (κ2) is 5.96. The zero-order valence-electron chi connectivity index (χ0n) is 11.2. The van der Waals surface area contributed by atoms with Crippen LogP contribution >= 0.6 is 0 Å². The van der Waals surface area contributed by atoms with Crippen LogP contribution in [0.4, 0.5) is 10.5 Å². The minimum Gasteiger partial charge on any atom is -0.473 e. The molecule has 2 amide bonds. The molecule has 0 saturated heterocycles. The van der Waals surface area contributed by atoms with Crippen LogP contribution in [0.2, 0.25) is 0 Å². The van der Waals surface area contributed by atoms with Gasteiger partial charge in [0.2, 0.25) is 0 Å². The summed E-state index contributed by atoms with van der Waals surface area (Å²) in [6.07, 6.45) is 1.73. The van der Waals surface area contributed by atoms with Crippen LogP contribution in [0.15, 0.2) is 54.7 Å². The van der Waals surface area contributed by atoms with Crippen molar-refractivity contribution in [3.8, 4) is 5.75 Å². The van der Waals surface area contributed by atoms with Gasteiger partial charge in [0.25, 0.3) is 0 Å². The molecule has 0 radical (unpaired) electrons. The van der Waals surface area contributed by atoms with E-state index in [0.717, 1.165) is 10.9 Å². The third-order valence-corrected chi connectivity index (χ3v) is 2.91. The van der Waals surface area contributed by atoms with Crippen LogP contribution in [0.25, 0.3) is 10.9 Å². The fourth-order valence-corrected chi connectivity index (χ4v) is 1.89. The van der Waals surface area contributed by atoms with Crippen molar-refractivity contribution in [1.82, 2.24) is 15.5 Å². The number of fused-ring (bicyclic) bond motifs is 1. The number of hydrogen-bond acceptors (Lipinski definition) is 3. The minimum atomic E-state index is -0.329. The standard InChI is InChI=1S/C15H14N4O2/c20-15(16-10-21-13-4-2-1-3-5-13)18-12-7-6-11-9-17-19-14(11)8-12/h1-9H,10H2,(H,17,19)(H2,16,18,20). The third-order valence-electron chi connectivity index (χ3n) is 2.91. The molecule has 6 nitrogen and oxygen atoms in total. The molecular formula is C15H14N4O2. The van der Waals surface area contributed by atoms with Crippen molar-refractivity contribution in [3.05, 3.63) is 54.7 Å². The number of aromatic amines is 1. The van der Waals surface area contributed by atoms with E-state index in [1.807, 2.05) is 48.5 Å². The lowest BCUT2D eigenvalue weighted by atomic mass is 10.2. The van der Waals surface area contributed by atoms with E-state index in [4.69, 9.17) is 4.74 Å². The van der Waals surface area contributed by atoms with Gasteiger partial charge in [0.15, 0.2) is 6.73 Å². The van der Waals surface area contributed by atoms with Gasteiger partial charge in [0, 0.05) is 11.1 Å².